The molecule has 0 aliphatic carbocycles. The third-order valence-electron chi connectivity index (χ3n) is 4.05. The van der Waals surface area contributed by atoms with Crippen molar-refractivity contribution in [2.24, 2.45) is 0 Å². The van der Waals surface area contributed by atoms with Crippen LogP contribution in [0.5, 0.6) is 0 Å². The van der Waals surface area contributed by atoms with E-state index in [1.54, 1.807) is 16.2 Å². The first-order chi connectivity index (χ1) is 11.1. The van der Waals surface area contributed by atoms with E-state index in [0.717, 1.165) is 38.1 Å². The Balaban J connectivity index is 1.69. The first-order valence-corrected chi connectivity index (χ1v) is 8.49. The van der Waals surface area contributed by atoms with E-state index in [4.69, 9.17) is 16.6 Å². The van der Waals surface area contributed by atoms with Gasteiger partial charge in [0.15, 0.2) is 0 Å². The molecule has 114 valence electrons. The van der Waals surface area contributed by atoms with E-state index in [-0.39, 0.29) is 5.91 Å². The average molecular weight is 341 g/mol. The monoisotopic (exact) mass is 340 g/mol. The Bertz CT molecular complexity index is 902. The fourth-order valence-corrected chi connectivity index (χ4v) is 3.72. The maximum Gasteiger partial charge on any atom is 0.231 e. The Kier molecular flexibility index (Phi) is 3.43. The first kappa shape index (κ1) is 14.4. The second kappa shape index (κ2) is 5.48. The van der Waals surface area contributed by atoms with Gasteiger partial charge in [-0.25, -0.2) is 4.98 Å². The summed E-state index contributed by atoms with van der Waals surface area (Å²) in [6, 6.07) is 13.8. The summed E-state index contributed by atoms with van der Waals surface area (Å²) in [4.78, 5) is 18.2. The van der Waals surface area contributed by atoms with Crippen molar-refractivity contribution in [1.82, 2.24) is 4.98 Å². The van der Waals surface area contributed by atoms with Gasteiger partial charge in [-0.3, -0.25) is 4.79 Å². The fourth-order valence-electron chi connectivity index (χ4n) is 2.76. The molecule has 2 aromatic carbocycles. The topological polar surface area (TPSA) is 33.2 Å². The molecule has 23 heavy (non-hydrogen) atoms. The molecule has 2 heterocycles. The lowest BCUT2D eigenvalue weighted by atomic mass is 10.1. The van der Waals surface area contributed by atoms with Gasteiger partial charge in [-0.15, -0.1) is 11.3 Å². The molecule has 0 radical (unpaired) electrons. The predicted molar refractivity (Wildman–Crippen MR) is 95.1 cm³/mol. The first-order valence-electron chi connectivity index (χ1n) is 7.23. The highest BCUT2D eigenvalue weighted by molar-refractivity contribution is 7.13. The smallest absolute Gasteiger partial charge is 0.231 e. The Morgan fingerprint density at radius 2 is 1.87 bits per heavy atom. The molecule has 0 spiro atoms. The van der Waals surface area contributed by atoms with Gasteiger partial charge in [-0.2, -0.15) is 0 Å². The molecule has 0 unspecified atom stereocenters. The van der Waals surface area contributed by atoms with Crippen molar-refractivity contribution in [3.8, 4) is 21.8 Å². The van der Waals surface area contributed by atoms with Crippen molar-refractivity contribution in [2.75, 3.05) is 11.9 Å². The minimum atomic E-state index is 0.136. The van der Waals surface area contributed by atoms with Gasteiger partial charge >= 0.3 is 0 Å². The summed E-state index contributed by atoms with van der Waals surface area (Å²) in [5.41, 5.74) is 5.10. The molecular weight excluding hydrogens is 328 g/mol. The van der Waals surface area contributed by atoms with Crippen LogP contribution in [-0.4, -0.2) is 17.9 Å². The molecule has 0 bridgehead atoms. The molecular formula is C18H13ClN2OS. The summed E-state index contributed by atoms with van der Waals surface area (Å²) in [7, 11) is 1.81. The molecule has 1 aliphatic heterocycles. The standard InChI is InChI=1S/C18H13ClN2OS/c1-21-16-7-4-12(8-13(16)9-17(21)22)15-10-23-18(20-15)11-2-5-14(19)6-3-11/h2-8,10H,9H2,1H3. The maximum absolute atomic E-state index is 11.8. The van der Waals surface area contributed by atoms with E-state index in [1.165, 1.54) is 0 Å². The molecule has 5 heteroatoms. The van der Waals surface area contributed by atoms with Crippen LogP contribution in [0.1, 0.15) is 5.56 Å². The molecule has 0 atom stereocenters. The number of anilines is 1. The van der Waals surface area contributed by atoms with Crippen LogP contribution in [0, 0.1) is 0 Å². The number of halogens is 1. The fraction of sp³-hybridized carbons (Fsp3) is 0.111. The van der Waals surface area contributed by atoms with Gasteiger partial charge in [0.1, 0.15) is 5.01 Å². The van der Waals surface area contributed by atoms with E-state index in [0.29, 0.717) is 6.42 Å². The van der Waals surface area contributed by atoms with Gasteiger partial charge in [-0.1, -0.05) is 29.8 Å². The van der Waals surface area contributed by atoms with Gasteiger partial charge in [0.2, 0.25) is 5.91 Å². The number of fused-ring (bicyclic) bond motifs is 1. The minimum Gasteiger partial charge on any atom is -0.315 e. The summed E-state index contributed by atoms with van der Waals surface area (Å²) in [6.07, 6.45) is 0.466. The van der Waals surface area contributed by atoms with Crippen molar-refractivity contribution in [1.29, 1.82) is 0 Å². The summed E-state index contributed by atoms with van der Waals surface area (Å²) in [6.45, 7) is 0. The second-order valence-electron chi connectivity index (χ2n) is 5.52. The molecule has 1 aromatic heterocycles. The summed E-state index contributed by atoms with van der Waals surface area (Å²) < 4.78 is 0. The Morgan fingerprint density at radius 1 is 1.13 bits per heavy atom. The quantitative estimate of drug-likeness (QED) is 0.680. The highest BCUT2D eigenvalue weighted by atomic mass is 35.5. The number of rotatable bonds is 2. The summed E-state index contributed by atoms with van der Waals surface area (Å²) >= 11 is 7.54. The van der Waals surface area contributed by atoms with Crippen molar-refractivity contribution >= 4 is 34.5 Å². The van der Waals surface area contributed by atoms with Crippen molar-refractivity contribution in [3.05, 3.63) is 58.4 Å². The number of benzene rings is 2. The third-order valence-corrected chi connectivity index (χ3v) is 5.19. The van der Waals surface area contributed by atoms with Crippen LogP contribution in [-0.2, 0) is 11.2 Å². The molecule has 4 rings (SSSR count). The maximum atomic E-state index is 11.8. The number of hydrogen-bond acceptors (Lipinski definition) is 3. The van der Waals surface area contributed by atoms with Crippen LogP contribution in [0.4, 0.5) is 5.69 Å². The normalized spacial score (nSPS) is 13.5. The van der Waals surface area contributed by atoms with Crippen LogP contribution in [0.15, 0.2) is 47.8 Å². The number of thiazole rings is 1. The number of nitrogens with zero attached hydrogens (tertiary/aromatic N) is 2. The van der Waals surface area contributed by atoms with Gasteiger partial charge in [-0.05, 0) is 29.8 Å². The van der Waals surface area contributed by atoms with E-state index in [1.807, 2.05) is 48.8 Å². The largest absolute Gasteiger partial charge is 0.315 e. The van der Waals surface area contributed by atoms with E-state index in [2.05, 4.69) is 6.07 Å². The lowest BCUT2D eigenvalue weighted by Crippen LogP contribution is -2.20. The van der Waals surface area contributed by atoms with Crippen LogP contribution in [0.25, 0.3) is 21.8 Å². The number of hydrogen-bond donors (Lipinski definition) is 0. The summed E-state index contributed by atoms with van der Waals surface area (Å²) in [5, 5.41) is 3.73. The zero-order valence-electron chi connectivity index (χ0n) is 12.4. The van der Waals surface area contributed by atoms with Crippen LogP contribution >= 0.6 is 22.9 Å². The minimum absolute atomic E-state index is 0.136. The molecule has 1 amide bonds. The van der Waals surface area contributed by atoms with Gasteiger partial charge in [0, 0.05) is 34.3 Å². The highest BCUT2D eigenvalue weighted by Gasteiger charge is 2.24. The van der Waals surface area contributed by atoms with Crippen molar-refractivity contribution < 1.29 is 4.79 Å². The van der Waals surface area contributed by atoms with E-state index >= 15 is 0 Å². The Labute approximate surface area is 143 Å². The van der Waals surface area contributed by atoms with E-state index in [9.17, 15) is 4.79 Å². The van der Waals surface area contributed by atoms with Gasteiger partial charge in [0.05, 0.1) is 12.1 Å². The molecule has 1 aliphatic rings. The SMILES string of the molecule is CN1C(=O)Cc2cc(-c3csc(-c4ccc(Cl)cc4)n3)ccc21. The highest BCUT2D eigenvalue weighted by Crippen LogP contribution is 2.34. The number of amides is 1. The number of likely N-dealkylation sites (N-methyl/N-ethyl adjacent to an activating group) is 1. The van der Waals surface area contributed by atoms with Crippen LogP contribution in [0.2, 0.25) is 5.02 Å². The summed E-state index contributed by atoms with van der Waals surface area (Å²) in [5.74, 6) is 0.136. The predicted octanol–water partition coefficient (Wildman–Crippen LogP) is 4.65. The molecule has 3 nitrogen and oxygen atoms in total. The third kappa shape index (κ3) is 2.54. The second-order valence-corrected chi connectivity index (χ2v) is 6.81. The number of carbonyl (C=O) groups excluding carboxylic acids is 1. The molecule has 3 aromatic rings. The van der Waals surface area contributed by atoms with Crippen LogP contribution < -0.4 is 4.90 Å². The zero-order chi connectivity index (χ0) is 16.0. The van der Waals surface area contributed by atoms with E-state index < -0.39 is 0 Å². The Hall–Kier alpha value is -2.17. The molecule has 0 fully saturated rings. The Morgan fingerprint density at radius 3 is 2.65 bits per heavy atom. The lowest BCUT2D eigenvalue weighted by Gasteiger charge is -2.09. The average Bonchev–Trinajstić information content (AvgIpc) is 3.14. The molecule has 0 N–H and O–H groups in total. The lowest BCUT2D eigenvalue weighted by molar-refractivity contribution is -0.117. The van der Waals surface area contributed by atoms with Gasteiger partial charge in [0.25, 0.3) is 0 Å². The number of aromatic nitrogens is 1. The van der Waals surface area contributed by atoms with Crippen molar-refractivity contribution in [3.63, 3.8) is 0 Å². The molecule has 0 saturated heterocycles. The number of carbonyl (C=O) groups is 1. The zero-order valence-corrected chi connectivity index (χ0v) is 14.0. The van der Waals surface area contributed by atoms with Gasteiger partial charge < -0.3 is 4.90 Å². The van der Waals surface area contributed by atoms with Crippen molar-refractivity contribution in [2.45, 2.75) is 6.42 Å². The van der Waals surface area contributed by atoms with Crippen LogP contribution in [0.3, 0.4) is 0 Å². The molecule has 0 saturated carbocycles.